The number of nitrogens with one attached hydrogen (secondary N) is 8. The van der Waals surface area contributed by atoms with Gasteiger partial charge in [-0.25, -0.2) is 14.8 Å². The average molecular weight is 972 g/mol. The van der Waals surface area contributed by atoms with Gasteiger partial charge < -0.3 is 69.7 Å². The Morgan fingerprint density at radius 2 is 1.37 bits per heavy atom. The summed E-state index contributed by atoms with van der Waals surface area (Å²) in [5, 5.41) is 45.8. The van der Waals surface area contributed by atoms with E-state index in [9.17, 15) is 63.3 Å². The van der Waals surface area contributed by atoms with E-state index in [1.807, 2.05) is 0 Å². The third-order valence-electron chi connectivity index (χ3n) is 9.41. The molecule has 0 saturated carbocycles. The van der Waals surface area contributed by atoms with Crippen LogP contribution in [0.3, 0.4) is 0 Å². The first-order chi connectivity index (χ1) is 32.1. The summed E-state index contributed by atoms with van der Waals surface area (Å²) in [4.78, 5) is 145. The number of hydrogen-bond donors (Lipinski definition) is 15. The second-order valence-electron chi connectivity index (χ2n) is 15.0. The highest BCUT2D eigenvalue weighted by Gasteiger charge is 2.33. The van der Waals surface area contributed by atoms with Crippen LogP contribution in [0.5, 0.6) is 0 Å². The number of carbonyl (C=O) groups excluding carboxylic acids is 6. The van der Waals surface area contributed by atoms with Crippen LogP contribution in [0.1, 0.15) is 68.4 Å². The van der Waals surface area contributed by atoms with Gasteiger partial charge in [-0.05, 0) is 57.4 Å². The summed E-state index contributed by atoms with van der Waals surface area (Å²) in [6.07, 6.45) is -2.02. The van der Waals surface area contributed by atoms with Crippen molar-refractivity contribution >= 4 is 94.7 Å². The Bertz CT molecular complexity index is 2430. The molecular formula is C39H53N15O13S. The van der Waals surface area contributed by atoms with Gasteiger partial charge in [-0.1, -0.05) is 0 Å². The van der Waals surface area contributed by atoms with E-state index in [2.05, 4.69) is 74.8 Å². The largest absolute Gasteiger partial charge is 0.481 e. The van der Waals surface area contributed by atoms with Crippen LogP contribution in [-0.2, 0) is 44.9 Å². The van der Waals surface area contributed by atoms with Gasteiger partial charge in [-0.2, -0.15) is 17.6 Å². The molecule has 28 nitrogen and oxygen atoms in total. The molecule has 2 heterocycles. The molecule has 368 valence electrons. The first-order valence-corrected chi connectivity index (χ1v) is 21.2. The van der Waals surface area contributed by atoms with E-state index >= 15 is 0 Å². The van der Waals surface area contributed by atoms with E-state index in [-0.39, 0.29) is 66.4 Å². The Balaban J connectivity index is 1.66. The minimum absolute atomic E-state index is 0.00673. The summed E-state index contributed by atoms with van der Waals surface area (Å²) in [7, 11) is 0. The number of thiol groups is 1. The predicted molar refractivity (Wildman–Crippen MR) is 244 cm³/mol. The molecule has 6 atom stereocenters. The van der Waals surface area contributed by atoms with Crippen LogP contribution in [-0.4, -0.2) is 143 Å². The Labute approximate surface area is 391 Å². The van der Waals surface area contributed by atoms with Crippen molar-refractivity contribution in [2.45, 2.75) is 95.2 Å². The Morgan fingerprint density at radius 1 is 0.765 bits per heavy atom. The number of aromatic amines is 1. The van der Waals surface area contributed by atoms with E-state index in [0.29, 0.717) is 11.4 Å². The third-order valence-corrected chi connectivity index (χ3v) is 9.95. The highest BCUT2D eigenvalue weighted by Crippen LogP contribution is 2.13. The van der Waals surface area contributed by atoms with Gasteiger partial charge in [0.05, 0.1) is 31.3 Å². The van der Waals surface area contributed by atoms with Gasteiger partial charge in [0.15, 0.2) is 17.1 Å². The maximum Gasteiger partial charge on any atom is 0.326 e. The summed E-state index contributed by atoms with van der Waals surface area (Å²) >= 11 is 4.07. The van der Waals surface area contributed by atoms with Crippen molar-refractivity contribution in [2.24, 2.45) is 16.5 Å². The zero-order valence-electron chi connectivity index (χ0n) is 36.6. The molecule has 0 spiro atoms. The number of aliphatic carboxylic acids is 3. The third kappa shape index (κ3) is 18.0. The molecule has 2 aromatic heterocycles. The maximum absolute atomic E-state index is 13.6. The lowest BCUT2D eigenvalue weighted by atomic mass is 10.1. The van der Waals surface area contributed by atoms with Crippen LogP contribution in [0.15, 0.2) is 40.2 Å². The SMILES string of the molecule is CC(NC(=O)[C@H](CC(=O)O)NC(=O)[C@H](CCCN=C(N)N)NC(=O)[C@H](CC(=O)O)NC(=O)CC[C@H](NC(=O)c1ccc(NCc2cnc3nc(N)[nH]c(=O)c3n2)cc1)C(=O)O)C(=O)N[C@H](C)CS. The number of amides is 6. The molecule has 0 saturated heterocycles. The predicted octanol–water partition coefficient (Wildman–Crippen LogP) is -3.73. The van der Waals surface area contributed by atoms with Gasteiger partial charge in [0.2, 0.25) is 35.5 Å². The van der Waals surface area contributed by atoms with Crippen molar-refractivity contribution in [3.05, 3.63) is 52.1 Å². The first kappa shape index (κ1) is 54.2. The van der Waals surface area contributed by atoms with Gasteiger partial charge in [-0.15, -0.1) is 0 Å². The molecule has 29 heteroatoms. The fourth-order valence-corrected chi connectivity index (χ4v) is 6.00. The molecule has 6 amide bonds. The van der Waals surface area contributed by atoms with Gasteiger partial charge in [-0.3, -0.25) is 53.1 Å². The van der Waals surface area contributed by atoms with E-state index in [1.165, 1.54) is 37.4 Å². The number of nitrogens with two attached hydrogens (primary N) is 3. The lowest BCUT2D eigenvalue weighted by Crippen LogP contribution is -2.58. The molecule has 3 aromatic rings. The zero-order valence-corrected chi connectivity index (χ0v) is 37.5. The smallest absolute Gasteiger partial charge is 0.326 e. The molecular weight excluding hydrogens is 919 g/mol. The second-order valence-corrected chi connectivity index (χ2v) is 15.4. The highest BCUT2D eigenvalue weighted by atomic mass is 32.1. The van der Waals surface area contributed by atoms with Crippen LogP contribution in [0.25, 0.3) is 11.2 Å². The number of aromatic nitrogens is 4. The van der Waals surface area contributed by atoms with Gasteiger partial charge in [0.1, 0.15) is 30.2 Å². The molecule has 1 aromatic carbocycles. The highest BCUT2D eigenvalue weighted by molar-refractivity contribution is 7.80. The van der Waals surface area contributed by atoms with Crippen LogP contribution in [0.4, 0.5) is 11.6 Å². The van der Waals surface area contributed by atoms with Crippen molar-refractivity contribution in [2.75, 3.05) is 23.3 Å². The van der Waals surface area contributed by atoms with E-state index < -0.39 is 115 Å². The van der Waals surface area contributed by atoms with Gasteiger partial charge in [0.25, 0.3) is 11.5 Å². The molecule has 0 bridgehead atoms. The summed E-state index contributed by atoms with van der Waals surface area (Å²) in [5.74, 6) is -10.6. The lowest BCUT2D eigenvalue weighted by Gasteiger charge is -2.25. The van der Waals surface area contributed by atoms with Crippen LogP contribution < -0.4 is 60.0 Å². The summed E-state index contributed by atoms with van der Waals surface area (Å²) < 4.78 is 0. The number of carboxylic acids is 3. The van der Waals surface area contributed by atoms with Crippen LogP contribution in [0, 0.1) is 0 Å². The number of hydrogen-bond acceptors (Lipinski definition) is 17. The number of aliphatic imine (C=N–C) groups is 1. The number of guanidine groups is 1. The monoisotopic (exact) mass is 971 g/mol. The number of carboxylic acid groups (broad SMARTS) is 3. The van der Waals surface area contributed by atoms with Gasteiger partial charge in [0, 0.05) is 36.0 Å². The molecule has 0 aliphatic rings. The van der Waals surface area contributed by atoms with Gasteiger partial charge >= 0.3 is 17.9 Å². The van der Waals surface area contributed by atoms with Crippen LogP contribution in [0.2, 0.25) is 0 Å². The number of fused-ring (bicyclic) bond motifs is 1. The van der Waals surface area contributed by atoms with E-state index in [1.54, 1.807) is 6.92 Å². The Hall–Kier alpha value is -8.11. The lowest BCUT2D eigenvalue weighted by molar-refractivity contribution is -0.141. The minimum Gasteiger partial charge on any atom is -0.481 e. The van der Waals surface area contributed by atoms with Crippen molar-refractivity contribution < 1.29 is 58.5 Å². The number of carbonyl (C=O) groups is 9. The average Bonchev–Trinajstić information content (AvgIpc) is 3.26. The maximum atomic E-state index is 13.6. The molecule has 0 aliphatic carbocycles. The number of nitrogen functional groups attached to an aromatic ring is 1. The normalized spacial score (nSPS) is 13.5. The molecule has 1 unspecified atom stereocenters. The van der Waals surface area contributed by atoms with Crippen molar-refractivity contribution in [1.82, 2.24) is 51.8 Å². The topological polar surface area (TPSA) is 460 Å². The summed E-state index contributed by atoms with van der Waals surface area (Å²) in [5.41, 5.74) is 16.6. The second kappa shape index (κ2) is 26.1. The summed E-state index contributed by atoms with van der Waals surface area (Å²) in [6, 6.07) is -2.66. The van der Waals surface area contributed by atoms with Crippen molar-refractivity contribution in [1.29, 1.82) is 0 Å². The fraction of sp³-hybridized carbons (Fsp3) is 0.436. The quantitative estimate of drug-likeness (QED) is 0.0151. The van der Waals surface area contributed by atoms with E-state index in [0.717, 1.165) is 0 Å². The standard InChI is InChI=1S/C39H53N15O13S/c1-17(16-68)46-31(60)18(2)47-34(63)25(13-28(58)59)52-33(62)22(4-3-11-43-38(40)41)50-35(64)24(12-27(56)57)49-26(55)10-9-23(37(66)67)51-32(61)19-5-7-20(8-6-19)44-14-21-15-45-30-29(48-21)36(65)54-39(42)53-30/h5-8,15,17-18,22-25,44,68H,3-4,9-14,16H2,1-2H3,(H,46,60)(H,47,63)(H,49,55)(H,50,64)(H,51,61)(H,52,62)(H,56,57)(H,58,59)(H,66,67)(H4,40,41,43)(H3,42,45,53,54,65)/t17-,18?,22+,23+,24+,25+/m1/s1. The number of H-pyrrole nitrogens is 1. The molecule has 0 fully saturated rings. The zero-order chi connectivity index (χ0) is 50.7. The molecule has 0 radical (unpaired) electrons. The first-order valence-electron chi connectivity index (χ1n) is 20.6. The number of nitrogens with zero attached hydrogens (tertiary/aromatic N) is 4. The van der Waals surface area contributed by atoms with Crippen molar-refractivity contribution in [3.63, 3.8) is 0 Å². The van der Waals surface area contributed by atoms with Crippen molar-refractivity contribution in [3.8, 4) is 0 Å². The molecule has 17 N–H and O–H groups in total. The molecule has 68 heavy (non-hydrogen) atoms. The van der Waals surface area contributed by atoms with E-state index in [4.69, 9.17) is 17.2 Å². The number of anilines is 2. The Kier molecular flexibility index (Phi) is 20.8. The number of benzene rings is 1. The summed E-state index contributed by atoms with van der Waals surface area (Å²) in [6.45, 7) is 3.01. The molecule has 3 rings (SSSR count). The number of rotatable bonds is 27. The molecule has 0 aliphatic heterocycles. The fourth-order valence-electron chi connectivity index (χ4n) is 5.91. The van der Waals surface area contributed by atoms with Crippen LogP contribution >= 0.6 is 12.6 Å². The minimum atomic E-state index is -1.86. The Morgan fingerprint density at radius 3 is 1.97 bits per heavy atom.